The molecule has 2 rings (SSSR count). The summed E-state index contributed by atoms with van der Waals surface area (Å²) in [6, 6.07) is 7.10. The predicted octanol–water partition coefficient (Wildman–Crippen LogP) is 3.55. The molecule has 1 saturated carbocycles. The van der Waals surface area contributed by atoms with Crippen LogP contribution in [0.15, 0.2) is 48.6 Å². The molecular formula is C15H16O2. The second kappa shape index (κ2) is 3.88. The first-order valence-corrected chi connectivity index (χ1v) is 5.66. The van der Waals surface area contributed by atoms with E-state index in [9.17, 15) is 4.79 Å². The van der Waals surface area contributed by atoms with Crippen molar-refractivity contribution < 1.29 is 9.90 Å². The Morgan fingerprint density at radius 2 is 1.76 bits per heavy atom. The first-order chi connectivity index (χ1) is 7.97. The van der Waals surface area contributed by atoms with Crippen molar-refractivity contribution in [1.29, 1.82) is 0 Å². The number of benzene rings is 1. The Morgan fingerprint density at radius 3 is 2.12 bits per heavy atom. The van der Waals surface area contributed by atoms with Crippen LogP contribution in [0.25, 0.3) is 0 Å². The second-order valence-electron chi connectivity index (χ2n) is 4.72. The fourth-order valence-corrected chi connectivity index (χ4v) is 2.23. The fourth-order valence-electron chi connectivity index (χ4n) is 2.23. The summed E-state index contributed by atoms with van der Waals surface area (Å²) in [7, 11) is 0. The van der Waals surface area contributed by atoms with Crippen molar-refractivity contribution in [3.63, 3.8) is 0 Å². The van der Waals surface area contributed by atoms with Gasteiger partial charge in [-0.1, -0.05) is 30.9 Å². The third kappa shape index (κ3) is 1.91. The van der Waals surface area contributed by atoms with Gasteiger partial charge >= 0.3 is 5.97 Å². The molecule has 1 fully saturated rings. The molecule has 1 aliphatic rings. The van der Waals surface area contributed by atoms with Gasteiger partial charge < -0.3 is 5.11 Å². The standard InChI is InChI=1S/C15H16O2/c1-10(2)11(3)15(8-9-15)13-6-4-12(5-7-13)14(16)17/h4-7H,1,3,8-9H2,2H3,(H,16,17). The van der Waals surface area contributed by atoms with Crippen molar-refractivity contribution in [2.45, 2.75) is 25.2 Å². The number of carbonyl (C=O) groups is 1. The maximum Gasteiger partial charge on any atom is 0.335 e. The van der Waals surface area contributed by atoms with E-state index in [1.165, 1.54) is 0 Å². The first kappa shape index (κ1) is 11.6. The minimum Gasteiger partial charge on any atom is -0.478 e. The summed E-state index contributed by atoms with van der Waals surface area (Å²) in [6.07, 6.45) is 2.15. The number of aromatic carboxylic acids is 1. The van der Waals surface area contributed by atoms with Gasteiger partial charge in [0.05, 0.1) is 5.56 Å². The Morgan fingerprint density at radius 1 is 1.24 bits per heavy atom. The molecule has 1 aromatic rings. The molecule has 0 radical (unpaired) electrons. The summed E-state index contributed by atoms with van der Waals surface area (Å²) in [4.78, 5) is 10.8. The number of hydrogen-bond donors (Lipinski definition) is 1. The molecule has 17 heavy (non-hydrogen) atoms. The second-order valence-corrected chi connectivity index (χ2v) is 4.72. The number of allylic oxidation sites excluding steroid dienone is 2. The van der Waals surface area contributed by atoms with Gasteiger partial charge in [-0.05, 0) is 43.0 Å². The van der Waals surface area contributed by atoms with Gasteiger partial charge in [0.15, 0.2) is 0 Å². The van der Waals surface area contributed by atoms with Crippen LogP contribution in [0.4, 0.5) is 0 Å². The van der Waals surface area contributed by atoms with E-state index in [0.29, 0.717) is 5.56 Å². The van der Waals surface area contributed by atoms with Crippen LogP contribution in [0, 0.1) is 0 Å². The molecule has 0 aromatic heterocycles. The Hall–Kier alpha value is -1.83. The van der Waals surface area contributed by atoms with E-state index in [1.54, 1.807) is 12.1 Å². The molecule has 0 bridgehead atoms. The summed E-state index contributed by atoms with van der Waals surface area (Å²) >= 11 is 0. The SMILES string of the molecule is C=C(C)C(=C)C1(c2ccc(C(=O)O)cc2)CC1. The van der Waals surface area contributed by atoms with Crippen molar-refractivity contribution in [1.82, 2.24) is 0 Å². The number of rotatable bonds is 4. The molecule has 2 nitrogen and oxygen atoms in total. The normalized spacial score (nSPS) is 16.3. The smallest absolute Gasteiger partial charge is 0.335 e. The van der Waals surface area contributed by atoms with E-state index in [1.807, 2.05) is 19.1 Å². The van der Waals surface area contributed by atoms with Crippen molar-refractivity contribution in [2.24, 2.45) is 0 Å². The maximum atomic E-state index is 10.8. The summed E-state index contributed by atoms with van der Waals surface area (Å²) in [5, 5.41) is 8.86. The zero-order valence-corrected chi connectivity index (χ0v) is 9.99. The van der Waals surface area contributed by atoms with Gasteiger partial charge in [-0.2, -0.15) is 0 Å². The van der Waals surface area contributed by atoms with Crippen LogP contribution in [-0.4, -0.2) is 11.1 Å². The van der Waals surface area contributed by atoms with Crippen LogP contribution in [-0.2, 0) is 5.41 Å². The lowest BCUT2D eigenvalue weighted by Crippen LogP contribution is -2.10. The van der Waals surface area contributed by atoms with Crippen molar-refractivity contribution in [2.75, 3.05) is 0 Å². The van der Waals surface area contributed by atoms with Crippen LogP contribution in [0.2, 0.25) is 0 Å². The van der Waals surface area contributed by atoms with Gasteiger partial charge in [-0.3, -0.25) is 0 Å². The summed E-state index contributed by atoms with van der Waals surface area (Å²) in [5.74, 6) is -0.889. The molecule has 0 aliphatic heterocycles. The van der Waals surface area contributed by atoms with Gasteiger partial charge in [0.25, 0.3) is 0 Å². The fraction of sp³-hybridized carbons (Fsp3) is 0.267. The van der Waals surface area contributed by atoms with Crippen LogP contribution in [0.1, 0.15) is 35.7 Å². The van der Waals surface area contributed by atoms with E-state index in [-0.39, 0.29) is 5.41 Å². The molecule has 0 heterocycles. The molecule has 0 amide bonds. The van der Waals surface area contributed by atoms with E-state index in [2.05, 4.69) is 13.2 Å². The highest BCUT2D eigenvalue weighted by Gasteiger charge is 2.46. The van der Waals surface area contributed by atoms with Gasteiger partial charge in [0, 0.05) is 5.41 Å². The Balaban J connectivity index is 2.32. The quantitative estimate of drug-likeness (QED) is 0.800. The zero-order chi connectivity index (χ0) is 12.6. The van der Waals surface area contributed by atoms with Gasteiger partial charge in [-0.25, -0.2) is 4.79 Å². The minimum atomic E-state index is -0.889. The van der Waals surface area contributed by atoms with E-state index in [4.69, 9.17) is 5.11 Å². The third-order valence-electron chi connectivity index (χ3n) is 3.53. The van der Waals surface area contributed by atoms with Gasteiger partial charge in [-0.15, -0.1) is 0 Å². The number of hydrogen-bond acceptors (Lipinski definition) is 1. The molecule has 88 valence electrons. The minimum absolute atomic E-state index is 0.0167. The lowest BCUT2D eigenvalue weighted by molar-refractivity contribution is 0.0697. The molecule has 0 atom stereocenters. The number of carboxylic acids is 1. The molecule has 1 aromatic carbocycles. The average Bonchev–Trinajstić information content (AvgIpc) is 3.09. The number of carboxylic acid groups (broad SMARTS) is 1. The third-order valence-corrected chi connectivity index (χ3v) is 3.53. The molecular weight excluding hydrogens is 212 g/mol. The monoisotopic (exact) mass is 228 g/mol. The Bertz CT molecular complexity index is 490. The highest BCUT2D eigenvalue weighted by Crippen LogP contribution is 2.54. The first-order valence-electron chi connectivity index (χ1n) is 5.66. The van der Waals surface area contributed by atoms with Crippen molar-refractivity contribution in [3.05, 3.63) is 59.7 Å². The molecule has 2 heteroatoms. The molecule has 0 unspecified atom stereocenters. The van der Waals surface area contributed by atoms with E-state index in [0.717, 1.165) is 29.6 Å². The lowest BCUT2D eigenvalue weighted by atomic mass is 9.85. The largest absolute Gasteiger partial charge is 0.478 e. The van der Waals surface area contributed by atoms with Crippen molar-refractivity contribution in [3.8, 4) is 0 Å². The summed E-state index contributed by atoms with van der Waals surface area (Å²) < 4.78 is 0. The van der Waals surface area contributed by atoms with Crippen molar-refractivity contribution >= 4 is 5.97 Å². The van der Waals surface area contributed by atoms with E-state index < -0.39 is 5.97 Å². The van der Waals surface area contributed by atoms with Gasteiger partial charge in [0.1, 0.15) is 0 Å². The maximum absolute atomic E-state index is 10.8. The topological polar surface area (TPSA) is 37.3 Å². The highest BCUT2D eigenvalue weighted by molar-refractivity contribution is 5.87. The van der Waals surface area contributed by atoms with Crippen LogP contribution in [0.5, 0.6) is 0 Å². The van der Waals surface area contributed by atoms with Gasteiger partial charge in [0.2, 0.25) is 0 Å². The average molecular weight is 228 g/mol. The van der Waals surface area contributed by atoms with Crippen LogP contribution >= 0.6 is 0 Å². The van der Waals surface area contributed by atoms with Crippen LogP contribution in [0.3, 0.4) is 0 Å². The van der Waals surface area contributed by atoms with E-state index >= 15 is 0 Å². The van der Waals surface area contributed by atoms with Crippen LogP contribution < -0.4 is 0 Å². The predicted molar refractivity (Wildman–Crippen MR) is 68.3 cm³/mol. The molecule has 1 aliphatic carbocycles. The highest BCUT2D eigenvalue weighted by atomic mass is 16.4. The zero-order valence-electron chi connectivity index (χ0n) is 9.99. The Kier molecular flexibility index (Phi) is 2.66. The molecule has 1 N–H and O–H groups in total. The molecule has 0 spiro atoms. The summed E-state index contributed by atoms with van der Waals surface area (Å²) in [5.41, 5.74) is 3.56. The summed E-state index contributed by atoms with van der Waals surface area (Å²) in [6.45, 7) is 10.0. The lowest BCUT2D eigenvalue weighted by Gasteiger charge is -2.19. The molecule has 0 saturated heterocycles. The Labute approximate surface area is 101 Å².